The molecule has 19 heavy (non-hydrogen) atoms. The van der Waals surface area contributed by atoms with Crippen LogP contribution in [0.5, 0.6) is 11.6 Å². The molecule has 0 amide bonds. The van der Waals surface area contributed by atoms with Gasteiger partial charge in [0, 0.05) is 23.9 Å². The third-order valence-corrected chi connectivity index (χ3v) is 2.61. The highest BCUT2D eigenvalue weighted by atomic mass is 35.5. The Kier molecular flexibility index (Phi) is 3.91. The van der Waals surface area contributed by atoms with Crippen molar-refractivity contribution >= 4 is 17.3 Å². The predicted octanol–water partition coefficient (Wildman–Crippen LogP) is 3.66. The summed E-state index contributed by atoms with van der Waals surface area (Å²) in [6.45, 7) is 0. The Morgan fingerprint density at radius 1 is 1.42 bits per heavy atom. The molecule has 0 aliphatic heterocycles. The van der Waals surface area contributed by atoms with Crippen LogP contribution in [0.4, 0.5) is 10.1 Å². The topological polar surface area (TPSA) is 65.3 Å². The standard InChI is InChI=1S/C12H8ClFN2O3/c13-7-8-2-1-5-15-12(8)19-11-6-9(14)3-4-10(11)16(17)18/h1-6H,7H2. The van der Waals surface area contributed by atoms with Gasteiger partial charge in [0.25, 0.3) is 0 Å². The third kappa shape index (κ3) is 2.97. The quantitative estimate of drug-likeness (QED) is 0.487. The van der Waals surface area contributed by atoms with Gasteiger partial charge in [-0.3, -0.25) is 10.1 Å². The van der Waals surface area contributed by atoms with Gasteiger partial charge in [-0.25, -0.2) is 9.37 Å². The van der Waals surface area contributed by atoms with E-state index in [-0.39, 0.29) is 23.2 Å². The molecule has 7 heteroatoms. The van der Waals surface area contributed by atoms with Crippen LogP contribution in [0.25, 0.3) is 0 Å². The number of nitro benzene ring substituents is 1. The van der Waals surface area contributed by atoms with Crippen molar-refractivity contribution in [1.82, 2.24) is 4.98 Å². The van der Waals surface area contributed by atoms with Crippen LogP contribution < -0.4 is 4.74 Å². The van der Waals surface area contributed by atoms with Crippen LogP contribution in [0.2, 0.25) is 0 Å². The van der Waals surface area contributed by atoms with Crippen molar-refractivity contribution in [2.45, 2.75) is 5.88 Å². The fourth-order valence-corrected chi connectivity index (χ4v) is 1.65. The number of nitro groups is 1. The van der Waals surface area contributed by atoms with E-state index >= 15 is 0 Å². The number of nitrogens with zero attached hydrogens (tertiary/aromatic N) is 2. The molecule has 2 rings (SSSR count). The molecule has 0 fully saturated rings. The number of hydrogen-bond acceptors (Lipinski definition) is 4. The smallest absolute Gasteiger partial charge is 0.311 e. The van der Waals surface area contributed by atoms with E-state index in [9.17, 15) is 14.5 Å². The van der Waals surface area contributed by atoms with Crippen molar-refractivity contribution in [3.63, 3.8) is 0 Å². The van der Waals surface area contributed by atoms with E-state index in [2.05, 4.69) is 4.98 Å². The highest BCUT2D eigenvalue weighted by Gasteiger charge is 2.18. The first-order valence-electron chi connectivity index (χ1n) is 5.23. The van der Waals surface area contributed by atoms with Crippen molar-refractivity contribution in [3.8, 4) is 11.6 Å². The number of ether oxygens (including phenoxy) is 1. The van der Waals surface area contributed by atoms with Gasteiger partial charge in [0.2, 0.25) is 11.6 Å². The van der Waals surface area contributed by atoms with Crippen molar-refractivity contribution < 1.29 is 14.1 Å². The summed E-state index contributed by atoms with van der Waals surface area (Å²) >= 11 is 5.70. The number of pyridine rings is 1. The summed E-state index contributed by atoms with van der Waals surface area (Å²) in [5, 5.41) is 10.8. The normalized spacial score (nSPS) is 10.2. The molecule has 0 saturated carbocycles. The van der Waals surface area contributed by atoms with Crippen molar-refractivity contribution in [2.24, 2.45) is 0 Å². The van der Waals surface area contributed by atoms with Crippen LogP contribution in [0.15, 0.2) is 36.5 Å². The molecule has 2 aromatic rings. The lowest BCUT2D eigenvalue weighted by atomic mass is 10.3. The fourth-order valence-electron chi connectivity index (χ4n) is 1.44. The Labute approximate surface area is 112 Å². The maximum Gasteiger partial charge on any atom is 0.311 e. The Balaban J connectivity index is 2.42. The molecular formula is C12H8ClFN2O3. The number of halogens is 2. The highest BCUT2D eigenvalue weighted by Crippen LogP contribution is 2.32. The van der Waals surface area contributed by atoms with Gasteiger partial charge in [-0.05, 0) is 12.1 Å². The molecule has 0 aliphatic rings. The van der Waals surface area contributed by atoms with Crippen LogP contribution in [-0.2, 0) is 5.88 Å². The lowest BCUT2D eigenvalue weighted by molar-refractivity contribution is -0.385. The van der Waals surface area contributed by atoms with E-state index in [1.807, 2.05) is 0 Å². The van der Waals surface area contributed by atoms with Crippen molar-refractivity contribution in [1.29, 1.82) is 0 Å². The molecule has 0 unspecified atom stereocenters. The molecule has 5 nitrogen and oxygen atoms in total. The van der Waals surface area contributed by atoms with Crippen LogP contribution in [0, 0.1) is 15.9 Å². The minimum Gasteiger partial charge on any atom is -0.431 e. The zero-order valence-electron chi connectivity index (χ0n) is 9.55. The molecule has 1 heterocycles. The number of benzene rings is 1. The van der Waals surface area contributed by atoms with Gasteiger partial charge in [-0.2, -0.15) is 0 Å². The zero-order valence-corrected chi connectivity index (χ0v) is 10.3. The van der Waals surface area contributed by atoms with Crippen LogP contribution >= 0.6 is 11.6 Å². The van der Waals surface area contributed by atoms with Gasteiger partial charge >= 0.3 is 5.69 Å². The molecular weight excluding hydrogens is 275 g/mol. The Morgan fingerprint density at radius 3 is 2.89 bits per heavy atom. The maximum absolute atomic E-state index is 13.1. The monoisotopic (exact) mass is 282 g/mol. The molecule has 0 radical (unpaired) electrons. The van der Waals surface area contributed by atoms with E-state index in [0.29, 0.717) is 5.56 Å². The van der Waals surface area contributed by atoms with E-state index in [0.717, 1.165) is 18.2 Å². The summed E-state index contributed by atoms with van der Waals surface area (Å²) in [6.07, 6.45) is 1.45. The van der Waals surface area contributed by atoms with Gasteiger partial charge in [0.1, 0.15) is 5.82 Å². The van der Waals surface area contributed by atoms with Gasteiger partial charge in [0.15, 0.2) is 0 Å². The van der Waals surface area contributed by atoms with E-state index < -0.39 is 10.7 Å². The lowest BCUT2D eigenvalue weighted by Gasteiger charge is -2.08. The minimum atomic E-state index is -0.655. The largest absolute Gasteiger partial charge is 0.431 e. The van der Waals surface area contributed by atoms with Crippen LogP contribution in [0.3, 0.4) is 0 Å². The molecule has 98 valence electrons. The number of alkyl halides is 1. The summed E-state index contributed by atoms with van der Waals surface area (Å²) in [6, 6.07) is 6.29. The molecule has 0 bridgehead atoms. The number of aromatic nitrogens is 1. The Bertz CT molecular complexity index is 622. The van der Waals surface area contributed by atoms with E-state index in [4.69, 9.17) is 16.3 Å². The molecule has 0 N–H and O–H groups in total. The van der Waals surface area contributed by atoms with Crippen LogP contribution in [0.1, 0.15) is 5.56 Å². The first kappa shape index (κ1) is 13.2. The third-order valence-electron chi connectivity index (χ3n) is 2.32. The number of hydrogen-bond donors (Lipinski definition) is 0. The molecule has 1 aromatic carbocycles. The summed E-state index contributed by atoms with van der Waals surface area (Å²) in [5.41, 5.74) is 0.218. The van der Waals surface area contributed by atoms with Crippen molar-refractivity contribution in [2.75, 3.05) is 0 Å². The first-order valence-corrected chi connectivity index (χ1v) is 5.77. The second-order valence-electron chi connectivity index (χ2n) is 3.57. The summed E-state index contributed by atoms with van der Waals surface area (Å²) in [7, 11) is 0. The summed E-state index contributed by atoms with van der Waals surface area (Å²) in [5.74, 6) is -0.600. The number of rotatable bonds is 4. The average Bonchev–Trinajstić information content (AvgIpc) is 2.39. The average molecular weight is 283 g/mol. The Morgan fingerprint density at radius 2 is 2.21 bits per heavy atom. The second-order valence-corrected chi connectivity index (χ2v) is 3.84. The Hall–Kier alpha value is -2.21. The zero-order chi connectivity index (χ0) is 13.8. The minimum absolute atomic E-state index is 0.117. The highest BCUT2D eigenvalue weighted by molar-refractivity contribution is 6.17. The molecule has 0 saturated heterocycles. The maximum atomic E-state index is 13.1. The van der Waals surface area contributed by atoms with Gasteiger partial charge in [-0.1, -0.05) is 6.07 Å². The SMILES string of the molecule is O=[N+]([O-])c1ccc(F)cc1Oc1ncccc1CCl. The lowest BCUT2D eigenvalue weighted by Crippen LogP contribution is -1.97. The van der Waals surface area contributed by atoms with Crippen molar-refractivity contribution in [3.05, 3.63) is 58.0 Å². The van der Waals surface area contributed by atoms with Gasteiger partial charge < -0.3 is 4.74 Å². The molecule has 0 aliphatic carbocycles. The summed E-state index contributed by atoms with van der Waals surface area (Å²) in [4.78, 5) is 14.1. The molecule has 0 spiro atoms. The molecule has 1 aromatic heterocycles. The van der Waals surface area contributed by atoms with E-state index in [1.54, 1.807) is 12.1 Å². The van der Waals surface area contributed by atoms with E-state index in [1.165, 1.54) is 6.20 Å². The summed E-state index contributed by atoms with van der Waals surface area (Å²) < 4.78 is 18.4. The predicted molar refractivity (Wildman–Crippen MR) is 66.9 cm³/mol. The fraction of sp³-hybridized carbons (Fsp3) is 0.0833. The van der Waals surface area contributed by atoms with Gasteiger partial charge in [0.05, 0.1) is 10.8 Å². The van der Waals surface area contributed by atoms with Gasteiger partial charge in [-0.15, -0.1) is 11.6 Å². The molecule has 0 atom stereocenters. The van der Waals surface area contributed by atoms with Crippen LogP contribution in [-0.4, -0.2) is 9.91 Å². The second kappa shape index (κ2) is 5.62. The first-order chi connectivity index (χ1) is 9.11.